The van der Waals surface area contributed by atoms with Gasteiger partial charge in [0.1, 0.15) is 0 Å². The lowest BCUT2D eigenvalue weighted by atomic mass is 10.0. The van der Waals surface area contributed by atoms with Crippen molar-refractivity contribution in [1.29, 1.82) is 0 Å². The van der Waals surface area contributed by atoms with Gasteiger partial charge in [0.2, 0.25) is 10.0 Å². The molecule has 2 aliphatic rings. The first kappa shape index (κ1) is 16.7. The molecule has 0 bridgehead atoms. The minimum atomic E-state index is -3.22. The van der Waals surface area contributed by atoms with Crippen LogP contribution in [0, 0.1) is 0 Å². The van der Waals surface area contributed by atoms with Crippen LogP contribution in [0.2, 0.25) is 0 Å². The predicted molar refractivity (Wildman–Crippen MR) is 92.2 cm³/mol. The number of nitrogens with zero attached hydrogens (tertiary/aromatic N) is 2. The topological polar surface area (TPSA) is 60.9 Å². The molecule has 128 valence electrons. The van der Waals surface area contributed by atoms with E-state index in [1.807, 2.05) is 18.2 Å². The van der Waals surface area contributed by atoms with Crippen molar-refractivity contribution in [2.45, 2.75) is 44.8 Å². The second-order valence-electron chi connectivity index (χ2n) is 6.83. The second-order valence-corrected chi connectivity index (χ2v) is 8.74. The number of β-amino-alcohol motifs (C(OH)–C–C–N with tert-alkyl or cyclic N) is 1. The number of piperidine rings is 1. The van der Waals surface area contributed by atoms with Crippen LogP contribution in [0.3, 0.4) is 0 Å². The zero-order chi connectivity index (χ0) is 16.6. The van der Waals surface area contributed by atoms with Crippen LogP contribution in [-0.4, -0.2) is 50.4 Å². The van der Waals surface area contributed by atoms with Gasteiger partial charge in [-0.15, -0.1) is 0 Å². The van der Waals surface area contributed by atoms with Crippen LogP contribution in [0.15, 0.2) is 18.2 Å². The lowest BCUT2D eigenvalue weighted by molar-refractivity contribution is 0.0732. The molecular formula is C17H26N2O3S. The molecule has 2 atom stereocenters. The molecule has 2 heterocycles. The maximum Gasteiger partial charge on any atom is 0.232 e. The number of anilines is 1. The Morgan fingerprint density at radius 1 is 1.30 bits per heavy atom. The monoisotopic (exact) mass is 338 g/mol. The van der Waals surface area contributed by atoms with Crippen LogP contribution < -0.4 is 4.31 Å². The highest BCUT2D eigenvalue weighted by Gasteiger charge is 2.27. The molecule has 1 aromatic rings. The SMILES string of the molecule is CC1CCCCN1CC(O)c1ccc2c(c1)CCN2S(C)(=O)=O. The van der Waals surface area contributed by atoms with Gasteiger partial charge in [-0.1, -0.05) is 18.6 Å². The Kier molecular flexibility index (Phi) is 4.67. The molecule has 2 aliphatic heterocycles. The number of likely N-dealkylation sites (tertiary alicyclic amines) is 1. The molecule has 1 fully saturated rings. The third-order valence-electron chi connectivity index (χ3n) is 5.09. The molecule has 0 aromatic heterocycles. The fraction of sp³-hybridized carbons (Fsp3) is 0.647. The Bertz CT molecular complexity index is 674. The summed E-state index contributed by atoms with van der Waals surface area (Å²) in [7, 11) is -3.22. The molecule has 2 unspecified atom stereocenters. The number of fused-ring (bicyclic) bond motifs is 1. The summed E-state index contributed by atoms with van der Waals surface area (Å²) in [6.07, 6.45) is 5.10. The number of benzene rings is 1. The van der Waals surface area contributed by atoms with Gasteiger partial charge >= 0.3 is 0 Å². The molecule has 5 nitrogen and oxygen atoms in total. The first-order valence-electron chi connectivity index (χ1n) is 8.39. The lowest BCUT2D eigenvalue weighted by Gasteiger charge is -2.34. The average molecular weight is 338 g/mol. The summed E-state index contributed by atoms with van der Waals surface area (Å²) in [4.78, 5) is 2.35. The summed E-state index contributed by atoms with van der Waals surface area (Å²) in [5.41, 5.74) is 2.66. The van der Waals surface area contributed by atoms with E-state index in [0.717, 1.165) is 23.4 Å². The van der Waals surface area contributed by atoms with E-state index in [1.165, 1.54) is 29.8 Å². The number of hydrogen-bond acceptors (Lipinski definition) is 4. The Balaban J connectivity index is 1.74. The first-order valence-corrected chi connectivity index (χ1v) is 10.2. The molecule has 0 saturated carbocycles. The number of hydrogen-bond donors (Lipinski definition) is 1. The van der Waals surface area contributed by atoms with Crippen LogP contribution in [0.1, 0.15) is 43.4 Å². The van der Waals surface area contributed by atoms with Crippen LogP contribution >= 0.6 is 0 Å². The van der Waals surface area contributed by atoms with Gasteiger partial charge in [0, 0.05) is 19.1 Å². The average Bonchev–Trinajstić information content (AvgIpc) is 2.92. The van der Waals surface area contributed by atoms with Crippen molar-refractivity contribution in [2.24, 2.45) is 0 Å². The quantitative estimate of drug-likeness (QED) is 0.911. The van der Waals surface area contributed by atoms with Gasteiger partial charge in [0.25, 0.3) is 0 Å². The molecule has 0 aliphatic carbocycles. The fourth-order valence-corrected chi connectivity index (χ4v) is 4.66. The van der Waals surface area contributed by atoms with Gasteiger partial charge in [-0.05, 0) is 49.9 Å². The highest BCUT2D eigenvalue weighted by molar-refractivity contribution is 7.92. The smallest absolute Gasteiger partial charge is 0.232 e. The maximum absolute atomic E-state index is 11.8. The molecule has 6 heteroatoms. The highest BCUT2D eigenvalue weighted by atomic mass is 32.2. The minimum Gasteiger partial charge on any atom is -0.387 e. The van der Waals surface area contributed by atoms with Gasteiger partial charge in [-0.25, -0.2) is 8.42 Å². The van der Waals surface area contributed by atoms with Crippen molar-refractivity contribution in [3.63, 3.8) is 0 Å². The summed E-state index contributed by atoms with van der Waals surface area (Å²) >= 11 is 0. The number of aliphatic hydroxyl groups is 1. The van der Waals surface area contributed by atoms with Crippen molar-refractivity contribution in [2.75, 3.05) is 30.2 Å². The van der Waals surface area contributed by atoms with Gasteiger partial charge in [-0.3, -0.25) is 9.21 Å². The Morgan fingerprint density at radius 2 is 2.09 bits per heavy atom. The molecule has 23 heavy (non-hydrogen) atoms. The van der Waals surface area contributed by atoms with E-state index in [-0.39, 0.29) is 0 Å². The highest BCUT2D eigenvalue weighted by Crippen LogP contribution is 2.32. The van der Waals surface area contributed by atoms with Crippen molar-refractivity contribution in [1.82, 2.24) is 4.90 Å². The van der Waals surface area contributed by atoms with Crippen LogP contribution in [-0.2, 0) is 16.4 Å². The molecule has 1 aromatic carbocycles. The van der Waals surface area contributed by atoms with Gasteiger partial charge in [0.15, 0.2) is 0 Å². The van der Waals surface area contributed by atoms with Crippen molar-refractivity contribution >= 4 is 15.7 Å². The summed E-state index contributed by atoms with van der Waals surface area (Å²) < 4.78 is 25.0. The summed E-state index contributed by atoms with van der Waals surface area (Å²) in [5.74, 6) is 0. The summed E-state index contributed by atoms with van der Waals surface area (Å²) in [5, 5.41) is 10.6. The molecule has 0 amide bonds. The summed E-state index contributed by atoms with van der Waals surface area (Å²) in [6, 6.07) is 6.19. The Morgan fingerprint density at radius 3 is 2.78 bits per heavy atom. The predicted octanol–water partition coefficient (Wildman–Crippen LogP) is 1.92. The van der Waals surface area contributed by atoms with E-state index in [4.69, 9.17) is 0 Å². The molecule has 1 saturated heterocycles. The lowest BCUT2D eigenvalue weighted by Crippen LogP contribution is -2.40. The number of sulfonamides is 1. The largest absolute Gasteiger partial charge is 0.387 e. The van der Waals surface area contributed by atoms with Crippen LogP contribution in [0.25, 0.3) is 0 Å². The van der Waals surface area contributed by atoms with Gasteiger partial charge < -0.3 is 5.11 Å². The van der Waals surface area contributed by atoms with Crippen molar-refractivity contribution in [3.05, 3.63) is 29.3 Å². The van der Waals surface area contributed by atoms with Gasteiger partial charge in [0.05, 0.1) is 18.0 Å². The molecule has 0 radical (unpaired) electrons. The minimum absolute atomic E-state index is 0.497. The molecular weight excluding hydrogens is 312 g/mol. The van der Waals surface area contributed by atoms with E-state index in [9.17, 15) is 13.5 Å². The van der Waals surface area contributed by atoms with Crippen molar-refractivity contribution in [3.8, 4) is 0 Å². The first-order chi connectivity index (χ1) is 10.9. The normalized spacial score (nSPS) is 23.8. The van der Waals surface area contributed by atoms with E-state index in [0.29, 0.717) is 25.6 Å². The van der Waals surface area contributed by atoms with Crippen molar-refractivity contribution < 1.29 is 13.5 Å². The van der Waals surface area contributed by atoms with Crippen LogP contribution in [0.5, 0.6) is 0 Å². The summed E-state index contributed by atoms with van der Waals surface area (Å²) in [6.45, 7) is 4.41. The number of rotatable bonds is 4. The second kappa shape index (κ2) is 6.42. The van der Waals surface area contributed by atoms with E-state index >= 15 is 0 Å². The molecule has 3 rings (SSSR count). The van der Waals surface area contributed by atoms with E-state index in [2.05, 4.69) is 11.8 Å². The van der Waals surface area contributed by atoms with E-state index < -0.39 is 16.1 Å². The number of aliphatic hydroxyl groups excluding tert-OH is 1. The third kappa shape index (κ3) is 3.54. The Hall–Kier alpha value is -1.11. The van der Waals surface area contributed by atoms with Crippen LogP contribution in [0.4, 0.5) is 5.69 Å². The fourth-order valence-electron chi connectivity index (χ4n) is 3.70. The Labute approximate surface area is 139 Å². The third-order valence-corrected chi connectivity index (χ3v) is 6.27. The molecule has 0 spiro atoms. The maximum atomic E-state index is 11.8. The zero-order valence-electron chi connectivity index (χ0n) is 13.9. The van der Waals surface area contributed by atoms with Gasteiger partial charge in [-0.2, -0.15) is 0 Å². The van der Waals surface area contributed by atoms with E-state index in [1.54, 1.807) is 0 Å². The molecule has 1 N–H and O–H groups in total. The zero-order valence-corrected chi connectivity index (χ0v) is 14.7. The standard InChI is InChI=1S/C17H26N2O3S/c1-13-5-3-4-9-18(13)12-17(20)15-6-7-16-14(11-15)8-10-19(16)23(2,21)22/h6-7,11,13,17,20H,3-5,8-10,12H2,1-2H3.